The van der Waals surface area contributed by atoms with Crippen LogP contribution in [0.1, 0.15) is 57.8 Å². The van der Waals surface area contributed by atoms with Crippen molar-refractivity contribution in [2.75, 3.05) is 0 Å². The molecule has 2 N–H and O–H groups in total. The van der Waals surface area contributed by atoms with Gasteiger partial charge in [-0.05, 0) is 25.7 Å². The number of carbonyl (C=O) groups is 2. The van der Waals surface area contributed by atoms with Crippen molar-refractivity contribution in [1.82, 2.24) is 4.90 Å². The lowest BCUT2D eigenvalue weighted by atomic mass is 9.95. The van der Waals surface area contributed by atoms with Crippen molar-refractivity contribution in [3.8, 4) is 0 Å². The van der Waals surface area contributed by atoms with E-state index in [0.29, 0.717) is 0 Å². The van der Waals surface area contributed by atoms with Gasteiger partial charge in [-0.2, -0.15) is 0 Å². The molecule has 6 heteroatoms. The van der Waals surface area contributed by atoms with E-state index in [9.17, 15) is 9.59 Å². The van der Waals surface area contributed by atoms with Crippen LogP contribution in [0, 0.1) is 0 Å². The van der Waals surface area contributed by atoms with Crippen LogP contribution in [-0.2, 0) is 14.4 Å². The van der Waals surface area contributed by atoms with Gasteiger partial charge >= 0.3 is 0 Å². The van der Waals surface area contributed by atoms with Crippen molar-refractivity contribution < 1.29 is 14.4 Å². The molecule has 1 aliphatic heterocycles. The van der Waals surface area contributed by atoms with Crippen LogP contribution in [0.3, 0.4) is 0 Å². The van der Waals surface area contributed by atoms with E-state index in [2.05, 4.69) is 5.16 Å². The highest BCUT2D eigenvalue weighted by molar-refractivity contribution is 6.10. The zero-order valence-corrected chi connectivity index (χ0v) is 12.3. The molecular weight excluding hydrogens is 270 g/mol. The topological polar surface area (TPSA) is 85.0 Å². The summed E-state index contributed by atoms with van der Waals surface area (Å²) in [6.45, 7) is 0. The summed E-state index contributed by atoms with van der Waals surface area (Å²) in [6, 6.07) is 0.446. The Bertz CT molecular complexity index is 427. The molecular formula is C15H23N3O3. The smallest absolute Gasteiger partial charge is 0.296 e. The number of amides is 2. The molecule has 0 saturated heterocycles. The van der Waals surface area contributed by atoms with Gasteiger partial charge in [0.15, 0.2) is 0 Å². The standard InChI is InChI=1S/C15H23N3O3/c16-13(19)15(9-10-17-21-15)14(20)18(11-5-1-2-6-11)12-7-3-4-8-12/h10-12H,1-9H2,(H2,16,19). The van der Waals surface area contributed by atoms with Crippen LogP contribution in [0.25, 0.3) is 0 Å². The maximum Gasteiger partial charge on any atom is 0.296 e. The fourth-order valence-electron chi connectivity index (χ4n) is 3.91. The first-order valence-electron chi connectivity index (χ1n) is 7.98. The molecule has 6 nitrogen and oxygen atoms in total. The van der Waals surface area contributed by atoms with Gasteiger partial charge in [0.2, 0.25) is 0 Å². The summed E-state index contributed by atoms with van der Waals surface area (Å²) >= 11 is 0. The lowest BCUT2D eigenvalue weighted by molar-refractivity contribution is -0.167. The van der Waals surface area contributed by atoms with Gasteiger partial charge in [-0.25, -0.2) is 0 Å². The predicted octanol–water partition coefficient (Wildman–Crippen LogP) is 1.33. The molecule has 0 aromatic rings. The highest BCUT2D eigenvalue weighted by Gasteiger charge is 2.54. The van der Waals surface area contributed by atoms with Crippen molar-refractivity contribution in [2.24, 2.45) is 10.9 Å². The second-order valence-electron chi connectivity index (χ2n) is 6.36. The lowest BCUT2D eigenvalue weighted by Gasteiger charge is -2.38. The Hall–Kier alpha value is -1.59. The van der Waals surface area contributed by atoms with E-state index < -0.39 is 11.5 Å². The van der Waals surface area contributed by atoms with Crippen LogP contribution in [0.5, 0.6) is 0 Å². The van der Waals surface area contributed by atoms with Gasteiger partial charge in [-0.15, -0.1) is 0 Å². The third kappa shape index (κ3) is 2.40. The van der Waals surface area contributed by atoms with Gasteiger partial charge in [-0.3, -0.25) is 9.59 Å². The Balaban J connectivity index is 1.87. The predicted molar refractivity (Wildman–Crippen MR) is 77.5 cm³/mol. The monoisotopic (exact) mass is 293 g/mol. The number of primary amides is 1. The molecule has 1 unspecified atom stereocenters. The molecule has 1 heterocycles. The number of nitrogens with zero attached hydrogens (tertiary/aromatic N) is 2. The van der Waals surface area contributed by atoms with Gasteiger partial charge in [-0.1, -0.05) is 30.8 Å². The fourth-order valence-corrected chi connectivity index (χ4v) is 3.91. The summed E-state index contributed by atoms with van der Waals surface area (Å²) in [5, 5.41) is 3.64. The minimum absolute atomic E-state index is 0.150. The first kappa shape index (κ1) is 14.4. The van der Waals surface area contributed by atoms with Crippen molar-refractivity contribution in [1.29, 1.82) is 0 Å². The average Bonchev–Trinajstić information content (AvgIpc) is 3.22. The Morgan fingerprint density at radius 2 is 1.62 bits per heavy atom. The zero-order chi connectivity index (χ0) is 14.9. The minimum Gasteiger partial charge on any atom is -0.369 e. The van der Waals surface area contributed by atoms with Gasteiger partial charge in [0.05, 0.1) is 0 Å². The molecule has 21 heavy (non-hydrogen) atoms. The summed E-state index contributed by atoms with van der Waals surface area (Å²) in [7, 11) is 0. The zero-order valence-electron chi connectivity index (χ0n) is 12.3. The van der Waals surface area contributed by atoms with Crippen LogP contribution < -0.4 is 5.73 Å². The molecule has 2 amide bonds. The third-order valence-corrected chi connectivity index (χ3v) is 5.08. The van der Waals surface area contributed by atoms with E-state index in [1.54, 1.807) is 0 Å². The molecule has 3 aliphatic rings. The van der Waals surface area contributed by atoms with Crippen LogP contribution in [0.15, 0.2) is 5.16 Å². The Labute approximate surface area is 124 Å². The van der Waals surface area contributed by atoms with E-state index in [-0.39, 0.29) is 24.4 Å². The Kier molecular flexibility index (Phi) is 3.87. The van der Waals surface area contributed by atoms with Gasteiger partial charge in [0, 0.05) is 24.7 Å². The molecule has 116 valence electrons. The van der Waals surface area contributed by atoms with Crippen molar-refractivity contribution >= 4 is 18.0 Å². The van der Waals surface area contributed by atoms with Crippen LogP contribution in [0.2, 0.25) is 0 Å². The number of rotatable bonds is 4. The van der Waals surface area contributed by atoms with E-state index in [0.717, 1.165) is 51.4 Å². The summed E-state index contributed by atoms with van der Waals surface area (Å²) in [4.78, 5) is 32.1. The largest absolute Gasteiger partial charge is 0.369 e. The van der Waals surface area contributed by atoms with Crippen LogP contribution in [0.4, 0.5) is 0 Å². The molecule has 0 radical (unpaired) electrons. The average molecular weight is 293 g/mol. The molecule has 0 bridgehead atoms. The highest BCUT2D eigenvalue weighted by atomic mass is 16.7. The van der Waals surface area contributed by atoms with E-state index >= 15 is 0 Å². The summed E-state index contributed by atoms with van der Waals surface area (Å²) in [5.41, 5.74) is 3.87. The molecule has 2 saturated carbocycles. The molecule has 2 aliphatic carbocycles. The number of hydrogen-bond donors (Lipinski definition) is 1. The third-order valence-electron chi connectivity index (χ3n) is 5.08. The van der Waals surface area contributed by atoms with Crippen LogP contribution >= 0.6 is 0 Å². The summed E-state index contributed by atoms with van der Waals surface area (Å²) in [5.74, 6) is -1.00. The second-order valence-corrected chi connectivity index (χ2v) is 6.36. The fraction of sp³-hybridized carbons (Fsp3) is 0.800. The number of oxime groups is 1. The lowest BCUT2D eigenvalue weighted by Crippen LogP contribution is -2.60. The van der Waals surface area contributed by atoms with Crippen molar-refractivity contribution in [3.05, 3.63) is 0 Å². The number of nitrogens with two attached hydrogens (primary N) is 1. The van der Waals surface area contributed by atoms with E-state index in [4.69, 9.17) is 10.6 Å². The van der Waals surface area contributed by atoms with Gasteiger partial charge in [0.25, 0.3) is 17.4 Å². The molecule has 3 rings (SSSR count). The molecule has 0 aromatic carbocycles. The maximum absolute atomic E-state index is 13.1. The Morgan fingerprint density at radius 1 is 1.10 bits per heavy atom. The second kappa shape index (κ2) is 5.66. The SMILES string of the molecule is NC(=O)C1(C(=O)N(C2CCCC2)C2CCCC2)CC=NO1. The van der Waals surface area contributed by atoms with Crippen LogP contribution in [-0.4, -0.2) is 40.6 Å². The van der Waals surface area contributed by atoms with E-state index in [1.807, 2.05) is 4.90 Å². The quantitative estimate of drug-likeness (QED) is 0.793. The highest BCUT2D eigenvalue weighted by Crippen LogP contribution is 2.35. The van der Waals surface area contributed by atoms with Crippen molar-refractivity contribution in [3.63, 3.8) is 0 Å². The Morgan fingerprint density at radius 3 is 2.00 bits per heavy atom. The maximum atomic E-state index is 13.1. The minimum atomic E-state index is -1.61. The summed E-state index contributed by atoms with van der Waals surface area (Å²) in [6.07, 6.45) is 10.2. The molecule has 2 fully saturated rings. The molecule has 0 aromatic heterocycles. The molecule has 0 spiro atoms. The normalized spacial score (nSPS) is 29.7. The van der Waals surface area contributed by atoms with Crippen molar-refractivity contribution in [2.45, 2.75) is 75.5 Å². The first-order valence-corrected chi connectivity index (χ1v) is 7.98. The first-order chi connectivity index (χ1) is 10.1. The molecule has 1 atom stereocenters. The van der Waals surface area contributed by atoms with E-state index in [1.165, 1.54) is 6.21 Å². The number of carbonyl (C=O) groups excluding carboxylic acids is 2. The van der Waals surface area contributed by atoms with Gasteiger partial charge in [0.1, 0.15) is 0 Å². The summed E-state index contributed by atoms with van der Waals surface area (Å²) < 4.78 is 0. The number of hydrogen-bond acceptors (Lipinski definition) is 4. The van der Waals surface area contributed by atoms with Gasteiger partial charge < -0.3 is 15.5 Å².